The molecule has 2 N–H and O–H groups in total. The third-order valence-corrected chi connectivity index (χ3v) is 5.82. The Bertz CT molecular complexity index is 540. The Morgan fingerprint density at radius 2 is 1.37 bits per heavy atom. The number of likely N-dealkylation sites (tertiary alicyclic amines) is 1. The Hall–Kier alpha value is -1.06. The molecule has 2 fully saturated rings. The lowest BCUT2D eigenvalue weighted by Crippen LogP contribution is -2.50. The van der Waals surface area contributed by atoms with Crippen LogP contribution in [-0.2, 0) is 9.59 Å². The largest absolute Gasteiger partial charge is 0.370 e. The Kier molecular flexibility index (Phi) is 13.4. The number of rotatable bonds is 8. The average molecular weight is 536 g/mol. The van der Waals surface area contributed by atoms with Gasteiger partial charge in [0, 0.05) is 58.7 Å². The van der Waals surface area contributed by atoms with Crippen molar-refractivity contribution in [1.82, 2.24) is 14.7 Å². The van der Waals surface area contributed by atoms with Crippen LogP contribution in [0.25, 0.3) is 0 Å². The second kappa shape index (κ2) is 14.9. The zero-order chi connectivity index (χ0) is 21.1. The Morgan fingerprint density at radius 1 is 0.800 bits per heavy atom. The summed E-state index contributed by atoms with van der Waals surface area (Å²) in [6.45, 7) is 9.59. The van der Waals surface area contributed by atoms with Gasteiger partial charge in [-0.1, -0.05) is 33.1 Å². The first-order chi connectivity index (χ1) is 14.0. The van der Waals surface area contributed by atoms with Crippen molar-refractivity contribution in [2.45, 2.75) is 71.6 Å². The molecule has 0 unspecified atom stereocenters. The van der Waals surface area contributed by atoms with E-state index in [0.717, 1.165) is 38.9 Å². The van der Waals surface area contributed by atoms with E-state index in [1.54, 1.807) is 0 Å². The Labute approximate surface area is 199 Å². The molecule has 0 bridgehead atoms. The van der Waals surface area contributed by atoms with Crippen molar-refractivity contribution < 1.29 is 9.59 Å². The molecule has 0 atom stereocenters. The van der Waals surface area contributed by atoms with Crippen LogP contribution < -0.4 is 5.73 Å². The summed E-state index contributed by atoms with van der Waals surface area (Å²) >= 11 is 0. The lowest BCUT2D eigenvalue weighted by atomic mass is 10.1. The van der Waals surface area contributed by atoms with Gasteiger partial charge in [-0.05, 0) is 31.6 Å². The second-order valence-corrected chi connectivity index (χ2v) is 8.81. The van der Waals surface area contributed by atoms with Crippen molar-refractivity contribution in [3.63, 3.8) is 0 Å². The normalized spacial score (nSPS) is 18.2. The lowest BCUT2D eigenvalue weighted by Gasteiger charge is -2.35. The van der Waals surface area contributed by atoms with Crippen LogP contribution in [-0.4, -0.2) is 78.3 Å². The predicted octanol–water partition coefficient (Wildman–Crippen LogP) is 3.07. The highest BCUT2D eigenvalue weighted by molar-refractivity contribution is 14.0. The van der Waals surface area contributed by atoms with Gasteiger partial charge in [-0.2, -0.15) is 0 Å². The van der Waals surface area contributed by atoms with Gasteiger partial charge in [-0.15, -0.1) is 24.0 Å². The van der Waals surface area contributed by atoms with E-state index in [0.29, 0.717) is 50.9 Å². The summed E-state index contributed by atoms with van der Waals surface area (Å²) in [5.74, 6) is 1.50. The molecule has 2 heterocycles. The van der Waals surface area contributed by atoms with E-state index in [1.807, 2.05) is 9.80 Å². The van der Waals surface area contributed by atoms with Gasteiger partial charge in [-0.3, -0.25) is 14.6 Å². The monoisotopic (exact) mass is 535 g/mol. The molecule has 2 saturated heterocycles. The number of nitrogens with zero attached hydrogens (tertiary/aromatic N) is 4. The first-order valence-corrected chi connectivity index (χ1v) is 11.6. The fourth-order valence-electron chi connectivity index (χ4n) is 4.00. The van der Waals surface area contributed by atoms with Gasteiger partial charge in [0.25, 0.3) is 0 Å². The van der Waals surface area contributed by atoms with E-state index < -0.39 is 0 Å². The SMILES string of the molecule is CC(C)CC(=O)N1CCN(C(=O)CCCCCN=C(N)N2CCCCCC2)CC1.I. The van der Waals surface area contributed by atoms with Crippen LogP contribution in [0, 0.1) is 5.92 Å². The summed E-state index contributed by atoms with van der Waals surface area (Å²) in [6.07, 6.45) is 9.04. The minimum atomic E-state index is 0. The van der Waals surface area contributed by atoms with E-state index in [2.05, 4.69) is 23.7 Å². The first-order valence-electron chi connectivity index (χ1n) is 11.6. The van der Waals surface area contributed by atoms with E-state index in [9.17, 15) is 9.59 Å². The van der Waals surface area contributed by atoms with Gasteiger partial charge < -0.3 is 20.4 Å². The molecule has 2 aliphatic heterocycles. The number of halogens is 1. The lowest BCUT2D eigenvalue weighted by molar-refractivity contribution is -0.140. The maximum atomic E-state index is 12.4. The van der Waals surface area contributed by atoms with Gasteiger partial charge in [-0.25, -0.2) is 0 Å². The Balaban J connectivity index is 0.00000450. The quantitative estimate of drug-likeness (QED) is 0.224. The topological polar surface area (TPSA) is 82.2 Å². The Morgan fingerprint density at radius 3 is 1.93 bits per heavy atom. The molecular weight excluding hydrogens is 493 g/mol. The summed E-state index contributed by atoms with van der Waals surface area (Å²) in [6, 6.07) is 0. The number of unbranched alkanes of at least 4 members (excludes halogenated alkanes) is 2. The summed E-state index contributed by atoms with van der Waals surface area (Å²) in [5.41, 5.74) is 6.12. The molecule has 7 nitrogen and oxygen atoms in total. The number of hydrogen-bond acceptors (Lipinski definition) is 3. The highest BCUT2D eigenvalue weighted by atomic mass is 127. The molecule has 0 radical (unpaired) electrons. The van der Waals surface area contributed by atoms with E-state index in [1.165, 1.54) is 25.7 Å². The summed E-state index contributed by atoms with van der Waals surface area (Å²) < 4.78 is 0. The smallest absolute Gasteiger partial charge is 0.222 e. The maximum Gasteiger partial charge on any atom is 0.222 e. The van der Waals surface area contributed by atoms with Gasteiger partial charge in [0.2, 0.25) is 11.8 Å². The summed E-state index contributed by atoms with van der Waals surface area (Å²) in [5, 5.41) is 0. The van der Waals surface area contributed by atoms with Gasteiger partial charge in [0.15, 0.2) is 5.96 Å². The third-order valence-electron chi connectivity index (χ3n) is 5.82. The van der Waals surface area contributed by atoms with Crippen molar-refractivity contribution in [2.75, 3.05) is 45.8 Å². The fourth-order valence-corrected chi connectivity index (χ4v) is 4.00. The molecule has 30 heavy (non-hydrogen) atoms. The number of guanidine groups is 1. The zero-order valence-corrected chi connectivity index (χ0v) is 21.3. The molecule has 2 aliphatic rings. The molecule has 0 aliphatic carbocycles. The number of nitrogens with two attached hydrogens (primary N) is 1. The number of piperazine rings is 1. The maximum absolute atomic E-state index is 12.4. The highest BCUT2D eigenvalue weighted by Gasteiger charge is 2.23. The molecule has 2 rings (SSSR count). The number of aliphatic imine (C=N–C) groups is 1. The van der Waals surface area contributed by atoms with Crippen LogP contribution in [0.2, 0.25) is 0 Å². The summed E-state index contributed by atoms with van der Waals surface area (Å²) in [4.78, 5) is 35.1. The highest BCUT2D eigenvalue weighted by Crippen LogP contribution is 2.11. The van der Waals surface area contributed by atoms with E-state index in [4.69, 9.17) is 5.73 Å². The molecule has 0 saturated carbocycles. The van der Waals surface area contributed by atoms with Crippen LogP contribution >= 0.6 is 24.0 Å². The molecular formula is C22H42IN5O2. The van der Waals surface area contributed by atoms with Crippen LogP contribution in [0.1, 0.15) is 71.6 Å². The fraction of sp³-hybridized carbons (Fsp3) is 0.864. The third kappa shape index (κ3) is 9.83. The van der Waals surface area contributed by atoms with Crippen molar-refractivity contribution in [3.8, 4) is 0 Å². The van der Waals surface area contributed by atoms with Crippen molar-refractivity contribution in [3.05, 3.63) is 0 Å². The zero-order valence-electron chi connectivity index (χ0n) is 19.0. The number of carbonyl (C=O) groups is 2. The minimum Gasteiger partial charge on any atom is -0.370 e. The molecule has 0 spiro atoms. The number of amides is 2. The molecule has 0 aromatic rings. The molecule has 8 heteroatoms. The van der Waals surface area contributed by atoms with Crippen molar-refractivity contribution in [1.29, 1.82) is 0 Å². The minimum absolute atomic E-state index is 0. The van der Waals surface area contributed by atoms with Crippen LogP contribution in [0.4, 0.5) is 0 Å². The van der Waals surface area contributed by atoms with Gasteiger partial charge in [0.1, 0.15) is 0 Å². The van der Waals surface area contributed by atoms with Gasteiger partial charge >= 0.3 is 0 Å². The van der Waals surface area contributed by atoms with Crippen LogP contribution in [0.15, 0.2) is 4.99 Å². The average Bonchev–Trinajstić information content (AvgIpc) is 2.99. The number of carbonyl (C=O) groups excluding carboxylic acids is 2. The molecule has 0 aromatic heterocycles. The van der Waals surface area contributed by atoms with E-state index in [-0.39, 0.29) is 35.8 Å². The molecule has 2 amide bonds. The second-order valence-electron chi connectivity index (χ2n) is 8.81. The molecule has 174 valence electrons. The number of hydrogen-bond donors (Lipinski definition) is 1. The van der Waals surface area contributed by atoms with E-state index >= 15 is 0 Å². The van der Waals surface area contributed by atoms with Crippen molar-refractivity contribution >= 4 is 41.8 Å². The summed E-state index contributed by atoms with van der Waals surface area (Å²) in [7, 11) is 0. The molecule has 0 aromatic carbocycles. The first kappa shape index (κ1) is 27.0. The van der Waals surface area contributed by atoms with Crippen LogP contribution in [0.5, 0.6) is 0 Å². The van der Waals surface area contributed by atoms with Crippen molar-refractivity contribution in [2.24, 2.45) is 16.6 Å². The predicted molar refractivity (Wildman–Crippen MR) is 133 cm³/mol. The van der Waals surface area contributed by atoms with Crippen LogP contribution in [0.3, 0.4) is 0 Å². The standard InChI is InChI=1S/C22H41N5O2.HI/c1-19(2)18-21(29)26-16-14-25(15-17-26)20(28)10-6-5-7-11-24-22(23)27-12-8-3-4-9-13-27;/h19H,3-18H2,1-2H3,(H2,23,24);1H. The van der Waals surface area contributed by atoms with Gasteiger partial charge in [0.05, 0.1) is 0 Å².